The van der Waals surface area contributed by atoms with E-state index in [1.54, 1.807) is 0 Å². The average molecular weight is 215 g/mol. The lowest BCUT2D eigenvalue weighted by Crippen LogP contribution is -2.20. The van der Waals surface area contributed by atoms with Crippen molar-refractivity contribution in [3.63, 3.8) is 0 Å². The van der Waals surface area contributed by atoms with Crippen LogP contribution in [0.15, 0.2) is 29.3 Å². The second-order valence-electron chi connectivity index (χ2n) is 4.96. The molecule has 1 aliphatic rings. The molecule has 1 aliphatic carbocycles. The van der Waals surface area contributed by atoms with E-state index in [0.29, 0.717) is 6.04 Å². The summed E-state index contributed by atoms with van der Waals surface area (Å²) in [6, 6.07) is 9.00. The number of hydrogen-bond donors (Lipinski definition) is 0. The highest BCUT2D eigenvalue weighted by Gasteiger charge is 2.19. The molecule has 1 heteroatoms. The first-order valence-corrected chi connectivity index (χ1v) is 6.36. The molecular formula is C15H21N. The SMILES string of the molecule is Cc1ccccc1/C=N\C1CCCCC1C. The Morgan fingerprint density at radius 2 is 1.94 bits per heavy atom. The molecule has 0 bridgehead atoms. The van der Waals surface area contributed by atoms with Crippen LogP contribution in [0.4, 0.5) is 0 Å². The van der Waals surface area contributed by atoms with Gasteiger partial charge in [0, 0.05) is 6.21 Å². The Hall–Kier alpha value is -1.11. The number of benzene rings is 1. The number of aliphatic imine (C=N–C) groups is 1. The van der Waals surface area contributed by atoms with Crippen molar-refractivity contribution in [2.45, 2.75) is 45.6 Å². The monoisotopic (exact) mass is 215 g/mol. The molecule has 16 heavy (non-hydrogen) atoms. The van der Waals surface area contributed by atoms with Crippen molar-refractivity contribution in [3.05, 3.63) is 35.4 Å². The Labute approximate surface area is 98.6 Å². The largest absolute Gasteiger partial charge is 0.289 e. The van der Waals surface area contributed by atoms with Gasteiger partial charge in [0.1, 0.15) is 0 Å². The summed E-state index contributed by atoms with van der Waals surface area (Å²) in [5.74, 6) is 0.758. The predicted octanol–water partition coefficient (Wildman–Crippen LogP) is 3.99. The van der Waals surface area contributed by atoms with E-state index in [0.717, 1.165) is 5.92 Å². The minimum Gasteiger partial charge on any atom is -0.289 e. The average Bonchev–Trinajstić information content (AvgIpc) is 2.30. The van der Waals surface area contributed by atoms with Gasteiger partial charge in [-0.15, -0.1) is 0 Å². The zero-order valence-electron chi connectivity index (χ0n) is 10.3. The summed E-state index contributed by atoms with van der Waals surface area (Å²) < 4.78 is 0. The molecule has 0 radical (unpaired) electrons. The number of hydrogen-bond acceptors (Lipinski definition) is 1. The molecule has 0 saturated heterocycles. The number of nitrogens with zero attached hydrogens (tertiary/aromatic N) is 1. The Bertz CT molecular complexity index is 367. The molecule has 1 fully saturated rings. The van der Waals surface area contributed by atoms with Crippen LogP contribution in [0.1, 0.15) is 43.7 Å². The zero-order chi connectivity index (χ0) is 11.4. The van der Waals surface area contributed by atoms with Gasteiger partial charge in [0.25, 0.3) is 0 Å². The first-order valence-electron chi connectivity index (χ1n) is 6.36. The Morgan fingerprint density at radius 3 is 2.69 bits per heavy atom. The molecule has 0 aliphatic heterocycles. The lowest BCUT2D eigenvalue weighted by molar-refractivity contribution is 0.333. The Balaban J connectivity index is 2.06. The van der Waals surface area contributed by atoms with E-state index >= 15 is 0 Å². The quantitative estimate of drug-likeness (QED) is 0.661. The maximum Gasteiger partial charge on any atom is 0.0525 e. The molecule has 1 aromatic carbocycles. The highest BCUT2D eigenvalue weighted by atomic mass is 14.8. The van der Waals surface area contributed by atoms with Crippen LogP contribution >= 0.6 is 0 Å². The van der Waals surface area contributed by atoms with E-state index in [-0.39, 0.29) is 0 Å². The van der Waals surface area contributed by atoms with E-state index in [1.807, 2.05) is 0 Å². The molecule has 1 nitrogen and oxygen atoms in total. The van der Waals surface area contributed by atoms with Crippen LogP contribution < -0.4 is 0 Å². The first kappa shape index (κ1) is 11.4. The van der Waals surface area contributed by atoms with Gasteiger partial charge in [-0.3, -0.25) is 4.99 Å². The maximum absolute atomic E-state index is 4.77. The van der Waals surface area contributed by atoms with Gasteiger partial charge in [-0.25, -0.2) is 0 Å². The summed E-state index contributed by atoms with van der Waals surface area (Å²) in [6.45, 7) is 4.48. The van der Waals surface area contributed by atoms with Crippen molar-refractivity contribution in [1.29, 1.82) is 0 Å². The summed E-state index contributed by atoms with van der Waals surface area (Å²) in [5.41, 5.74) is 2.58. The fraction of sp³-hybridized carbons (Fsp3) is 0.533. The third kappa shape index (κ3) is 2.72. The van der Waals surface area contributed by atoms with E-state index < -0.39 is 0 Å². The molecule has 2 atom stereocenters. The highest BCUT2D eigenvalue weighted by molar-refractivity contribution is 5.81. The van der Waals surface area contributed by atoms with E-state index in [9.17, 15) is 0 Å². The van der Waals surface area contributed by atoms with Gasteiger partial charge in [-0.1, -0.05) is 44.0 Å². The van der Waals surface area contributed by atoms with Crippen LogP contribution in [0.3, 0.4) is 0 Å². The molecule has 1 saturated carbocycles. The van der Waals surface area contributed by atoms with Gasteiger partial charge < -0.3 is 0 Å². The summed E-state index contributed by atoms with van der Waals surface area (Å²) in [6.07, 6.45) is 7.42. The van der Waals surface area contributed by atoms with Gasteiger partial charge in [0.2, 0.25) is 0 Å². The van der Waals surface area contributed by atoms with Gasteiger partial charge in [-0.05, 0) is 36.8 Å². The van der Waals surface area contributed by atoms with Crippen molar-refractivity contribution in [1.82, 2.24) is 0 Å². The van der Waals surface area contributed by atoms with Crippen LogP contribution in [0, 0.1) is 12.8 Å². The van der Waals surface area contributed by atoms with Crippen LogP contribution in [0.5, 0.6) is 0 Å². The van der Waals surface area contributed by atoms with Crippen LogP contribution in [0.25, 0.3) is 0 Å². The minimum atomic E-state index is 0.549. The number of rotatable bonds is 2. The predicted molar refractivity (Wildman–Crippen MR) is 70.2 cm³/mol. The molecular weight excluding hydrogens is 194 g/mol. The van der Waals surface area contributed by atoms with Crippen molar-refractivity contribution in [2.75, 3.05) is 0 Å². The van der Waals surface area contributed by atoms with Crippen molar-refractivity contribution in [2.24, 2.45) is 10.9 Å². The van der Waals surface area contributed by atoms with Gasteiger partial charge in [-0.2, -0.15) is 0 Å². The molecule has 0 heterocycles. The van der Waals surface area contributed by atoms with Crippen molar-refractivity contribution >= 4 is 6.21 Å². The topological polar surface area (TPSA) is 12.4 Å². The Morgan fingerprint density at radius 1 is 1.19 bits per heavy atom. The summed E-state index contributed by atoms with van der Waals surface area (Å²) in [7, 11) is 0. The molecule has 0 aromatic heterocycles. The summed E-state index contributed by atoms with van der Waals surface area (Å²) >= 11 is 0. The van der Waals surface area contributed by atoms with Crippen LogP contribution in [-0.2, 0) is 0 Å². The second kappa shape index (κ2) is 5.29. The van der Waals surface area contributed by atoms with E-state index in [2.05, 4.69) is 44.3 Å². The second-order valence-corrected chi connectivity index (χ2v) is 4.96. The van der Waals surface area contributed by atoms with Gasteiger partial charge in [0.05, 0.1) is 6.04 Å². The zero-order valence-corrected chi connectivity index (χ0v) is 10.3. The minimum absolute atomic E-state index is 0.549. The molecule has 2 rings (SSSR count). The highest BCUT2D eigenvalue weighted by Crippen LogP contribution is 2.26. The fourth-order valence-electron chi connectivity index (χ4n) is 2.43. The molecule has 0 spiro atoms. The summed E-state index contributed by atoms with van der Waals surface area (Å²) in [5, 5.41) is 0. The van der Waals surface area contributed by atoms with Crippen LogP contribution in [0.2, 0.25) is 0 Å². The van der Waals surface area contributed by atoms with Crippen LogP contribution in [-0.4, -0.2) is 12.3 Å². The fourth-order valence-corrected chi connectivity index (χ4v) is 2.43. The third-order valence-corrected chi connectivity index (χ3v) is 3.66. The lowest BCUT2D eigenvalue weighted by atomic mass is 9.86. The lowest BCUT2D eigenvalue weighted by Gasteiger charge is -2.25. The standard InChI is InChI=1S/C15H21N/c1-12-7-3-5-9-14(12)11-16-15-10-6-4-8-13(15)2/h3,5,7,9,11,13,15H,4,6,8,10H2,1-2H3/b16-11-. The maximum atomic E-state index is 4.77. The van der Waals surface area contributed by atoms with E-state index in [4.69, 9.17) is 4.99 Å². The molecule has 2 unspecified atom stereocenters. The molecule has 0 amide bonds. The normalized spacial score (nSPS) is 26.1. The molecule has 86 valence electrons. The van der Waals surface area contributed by atoms with Gasteiger partial charge >= 0.3 is 0 Å². The smallest absolute Gasteiger partial charge is 0.0525 e. The first-order chi connectivity index (χ1) is 7.77. The third-order valence-electron chi connectivity index (χ3n) is 3.66. The van der Waals surface area contributed by atoms with Crippen molar-refractivity contribution in [3.8, 4) is 0 Å². The summed E-state index contributed by atoms with van der Waals surface area (Å²) in [4.78, 5) is 4.77. The number of aryl methyl sites for hydroxylation is 1. The molecule has 1 aromatic rings. The molecule has 0 N–H and O–H groups in total. The van der Waals surface area contributed by atoms with Crippen molar-refractivity contribution < 1.29 is 0 Å². The van der Waals surface area contributed by atoms with E-state index in [1.165, 1.54) is 36.8 Å². The van der Waals surface area contributed by atoms with Gasteiger partial charge in [0.15, 0.2) is 0 Å². The Kier molecular flexibility index (Phi) is 3.76.